The Hall–Kier alpha value is -4.43. The largest absolute Gasteiger partial charge is 0.457 e. The molecule has 5 rings (SSSR count). The Balaban J connectivity index is 1.17. The Morgan fingerprint density at radius 1 is 1.00 bits per heavy atom. The van der Waals surface area contributed by atoms with E-state index in [9.17, 15) is 4.79 Å². The van der Waals surface area contributed by atoms with Crippen molar-refractivity contribution in [2.24, 2.45) is 0 Å². The van der Waals surface area contributed by atoms with Crippen molar-refractivity contribution in [2.45, 2.75) is 13.1 Å². The summed E-state index contributed by atoms with van der Waals surface area (Å²) in [6.07, 6.45) is 3.10. The molecule has 174 valence electrons. The number of hydrogen-bond acceptors (Lipinski definition) is 6. The van der Waals surface area contributed by atoms with Crippen LogP contribution in [-0.4, -0.2) is 25.9 Å². The van der Waals surface area contributed by atoms with Crippen molar-refractivity contribution in [3.8, 4) is 23.0 Å². The van der Waals surface area contributed by atoms with Crippen molar-refractivity contribution in [1.29, 1.82) is 0 Å². The highest BCUT2D eigenvalue weighted by Crippen LogP contribution is 2.23. The number of benzene rings is 3. The van der Waals surface area contributed by atoms with E-state index in [-0.39, 0.29) is 18.1 Å². The number of amides is 1. The van der Waals surface area contributed by atoms with Gasteiger partial charge in [-0.2, -0.15) is 0 Å². The average molecular weight is 486 g/mol. The fraction of sp³-hybridized carbons (Fsp3) is 0.0769. The van der Waals surface area contributed by atoms with Gasteiger partial charge < -0.3 is 14.5 Å². The normalized spacial score (nSPS) is 10.8. The maximum Gasteiger partial charge on any atom is 0.273 e. The minimum atomic E-state index is -0.366. The molecule has 2 heterocycles. The molecule has 0 aliphatic heterocycles. The smallest absolute Gasteiger partial charge is 0.273 e. The molecule has 0 bridgehead atoms. The van der Waals surface area contributed by atoms with Crippen LogP contribution in [0.4, 0.5) is 0 Å². The van der Waals surface area contributed by atoms with Gasteiger partial charge >= 0.3 is 0 Å². The van der Waals surface area contributed by atoms with Crippen LogP contribution in [-0.2, 0) is 13.1 Å². The van der Waals surface area contributed by atoms with Crippen molar-refractivity contribution < 1.29 is 13.9 Å². The number of carbonyl (C=O) groups is 1. The molecule has 8 nitrogen and oxygen atoms in total. The molecule has 3 aromatic carbocycles. The van der Waals surface area contributed by atoms with E-state index in [2.05, 4.69) is 20.6 Å². The molecular weight excluding hydrogens is 466 g/mol. The molecule has 9 heteroatoms. The molecule has 0 unspecified atom stereocenters. The van der Waals surface area contributed by atoms with E-state index in [4.69, 9.17) is 20.8 Å². The van der Waals surface area contributed by atoms with Crippen LogP contribution in [0.1, 0.15) is 21.7 Å². The first-order valence-corrected chi connectivity index (χ1v) is 11.2. The summed E-state index contributed by atoms with van der Waals surface area (Å²) < 4.78 is 13.0. The Morgan fingerprint density at radius 2 is 1.80 bits per heavy atom. The van der Waals surface area contributed by atoms with Crippen LogP contribution in [0.25, 0.3) is 11.5 Å². The number of carbonyl (C=O) groups excluding carboxylic acids is 1. The number of para-hydroxylation sites is 1. The molecule has 0 radical (unpaired) electrons. The predicted octanol–water partition coefficient (Wildman–Crippen LogP) is 5.36. The summed E-state index contributed by atoms with van der Waals surface area (Å²) in [4.78, 5) is 16.7. The molecule has 1 N–H and O–H groups in total. The fourth-order valence-corrected chi connectivity index (χ4v) is 3.51. The second-order valence-corrected chi connectivity index (χ2v) is 8.13. The minimum Gasteiger partial charge on any atom is -0.457 e. The van der Waals surface area contributed by atoms with Gasteiger partial charge in [0.25, 0.3) is 5.91 Å². The third kappa shape index (κ3) is 5.74. The molecule has 0 saturated heterocycles. The third-order valence-corrected chi connectivity index (χ3v) is 5.32. The lowest BCUT2D eigenvalue weighted by atomic mass is 10.2. The van der Waals surface area contributed by atoms with Crippen LogP contribution in [0.3, 0.4) is 0 Å². The van der Waals surface area contributed by atoms with E-state index in [0.717, 1.165) is 22.6 Å². The first kappa shape index (κ1) is 22.4. The van der Waals surface area contributed by atoms with Crippen molar-refractivity contribution >= 4 is 17.5 Å². The third-order valence-electron chi connectivity index (χ3n) is 5.07. The topological polar surface area (TPSA) is 95.1 Å². The van der Waals surface area contributed by atoms with Crippen LogP contribution in [0, 0.1) is 0 Å². The lowest BCUT2D eigenvalue weighted by molar-refractivity contribution is 0.0945. The zero-order chi connectivity index (χ0) is 24.0. The molecule has 0 spiro atoms. The Bertz CT molecular complexity index is 1430. The van der Waals surface area contributed by atoms with Gasteiger partial charge in [-0.05, 0) is 54.1 Å². The maximum atomic E-state index is 12.5. The molecule has 35 heavy (non-hydrogen) atoms. The second kappa shape index (κ2) is 10.2. The SMILES string of the molecule is O=C(NCc1cn(Cc2cccc(Oc3ccccc3)c2)nn1)c1coc(-c2ccc(Cl)cc2)n1. The van der Waals surface area contributed by atoms with E-state index in [1.165, 1.54) is 6.26 Å². The molecule has 0 atom stereocenters. The number of oxazole rings is 1. The highest BCUT2D eigenvalue weighted by Gasteiger charge is 2.14. The second-order valence-electron chi connectivity index (χ2n) is 7.70. The highest BCUT2D eigenvalue weighted by atomic mass is 35.5. The van der Waals surface area contributed by atoms with E-state index < -0.39 is 0 Å². The summed E-state index contributed by atoms with van der Waals surface area (Å²) >= 11 is 5.90. The number of rotatable bonds is 8. The summed E-state index contributed by atoms with van der Waals surface area (Å²) in [7, 11) is 0. The number of halogens is 1. The average Bonchev–Trinajstić information content (AvgIpc) is 3.54. The summed E-state index contributed by atoms with van der Waals surface area (Å²) in [5.74, 6) is 1.49. The summed E-state index contributed by atoms with van der Waals surface area (Å²) in [5, 5.41) is 11.7. The van der Waals surface area contributed by atoms with Crippen LogP contribution >= 0.6 is 11.6 Å². The first-order chi connectivity index (χ1) is 17.1. The van der Waals surface area contributed by atoms with Gasteiger partial charge in [-0.25, -0.2) is 9.67 Å². The van der Waals surface area contributed by atoms with Gasteiger partial charge in [0, 0.05) is 10.6 Å². The number of ether oxygens (including phenoxy) is 1. The molecule has 0 fully saturated rings. The Morgan fingerprint density at radius 3 is 2.63 bits per heavy atom. The molecule has 5 aromatic rings. The van der Waals surface area contributed by atoms with Gasteiger partial charge in [0.05, 0.1) is 19.3 Å². The van der Waals surface area contributed by atoms with Gasteiger partial charge in [-0.15, -0.1) is 5.10 Å². The minimum absolute atomic E-state index is 0.178. The number of nitrogens with zero attached hydrogens (tertiary/aromatic N) is 4. The maximum absolute atomic E-state index is 12.5. The van der Waals surface area contributed by atoms with Gasteiger partial charge in [-0.1, -0.05) is 47.1 Å². The van der Waals surface area contributed by atoms with Gasteiger partial charge in [0.1, 0.15) is 23.5 Å². The van der Waals surface area contributed by atoms with Crippen LogP contribution in [0.5, 0.6) is 11.5 Å². The molecule has 0 aliphatic rings. The molecule has 2 aromatic heterocycles. The van der Waals surface area contributed by atoms with Crippen molar-refractivity contribution in [3.63, 3.8) is 0 Å². The Labute approximate surface area is 206 Å². The first-order valence-electron chi connectivity index (χ1n) is 10.8. The number of hydrogen-bond donors (Lipinski definition) is 1. The van der Waals surface area contributed by atoms with E-state index in [0.29, 0.717) is 23.2 Å². The monoisotopic (exact) mass is 485 g/mol. The van der Waals surface area contributed by atoms with Crippen LogP contribution < -0.4 is 10.1 Å². The van der Waals surface area contributed by atoms with Crippen LogP contribution in [0.15, 0.2) is 95.7 Å². The number of aromatic nitrogens is 4. The molecule has 0 aliphatic carbocycles. The standard InChI is InChI=1S/C26H20ClN5O3/c27-20-11-9-19(10-12-20)26-29-24(17-34-26)25(33)28-14-21-16-32(31-30-21)15-18-5-4-8-23(13-18)35-22-6-2-1-3-7-22/h1-13,16-17H,14-15H2,(H,28,33). The van der Waals surface area contributed by atoms with Crippen LogP contribution in [0.2, 0.25) is 5.02 Å². The van der Waals surface area contributed by atoms with E-state index >= 15 is 0 Å². The molecule has 0 saturated carbocycles. The van der Waals surface area contributed by atoms with E-state index in [1.54, 1.807) is 35.1 Å². The highest BCUT2D eigenvalue weighted by molar-refractivity contribution is 6.30. The van der Waals surface area contributed by atoms with Gasteiger partial charge in [0.2, 0.25) is 5.89 Å². The van der Waals surface area contributed by atoms with Crippen molar-refractivity contribution in [3.05, 3.63) is 113 Å². The lowest BCUT2D eigenvalue weighted by Gasteiger charge is -2.07. The summed E-state index contributed by atoms with van der Waals surface area (Å²) in [5.41, 5.74) is 2.54. The molecular formula is C26H20ClN5O3. The zero-order valence-electron chi connectivity index (χ0n) is 18.5. The lowest BCUT2D eigenvalue weighted by Crippen LogP contribution is -2.23. The van der Waals surface area contributed by atoms with Gasteiger partial charge in [0.15, 0.2) is 5.69 Å². The quantitative estimate of drug-likeness (QED) is 0.318. The fourth-order valence-electron chi connectivity index (χ4n) is 3.38. The van der Waals surface area contributed by atoms with Crippen molar-refractivity contribution in [1.82, 2.24) is 25.3 Å². The zero-order valence-corrected chi connectivity index (χ0v) is 19.2. The number of nitrogens with one attached hydrogen (secondary N) is 1. The van der Waals surface area contributed by atoms with Crippen molar-refractivity contribution in [2.75, 3.05) is 0 Å². The molecule has 1 amide bonds. The van der Waals surface area contributed by atoms with E-state index in [1.807, 2.05) is 54.6 Å². The van der Waals surface area contributed by atoms with Gasteiger partial charge in [-0.3, -0.25) is 4.79 Å². The Kier molecular flexibility index (Phi) is 6.54. The predicted molar refractivity (Wildman–Crippen MR) is 130 cm³/mol. The summed E-state index contributed by atoms with van der Waals surface area (Å²) in [6, 6.07) is 24.4. The summed E-state index contributed by atoms with van der Waals surface area (Å²) in [6.45, 7) is 0.722.